The minimum absolute atomic E-state index is 0.0110. The zero-order chi connectivity index (χ0) is 19.3. The van der Waals surface area contributed by atoms with Gasteiger partial charge in [-0.05, 0) is 25.1 Å². The number of piperazine rings is 1. The molecule has 1 atom stereocenters. The number of phenols is 1. The molecule has 1 fully saturated rings. The number of benzene rings is 1. The Morgan fingerprint density at radius 3 is 2.58 bits per heavy atom. The number of phenolic OH excluding ortho intramolecular Hbond substituents is 1. The Bertz CT molecular complexity index is 711. The number of rotatable bonds is 5. The first kappa shape index (κ1) is 19.5. The number of hydrogen-bond donors (Lipinski definition) is 5. The zero-order valence-electron chi connectivity index (χ0n) is 15.3. The number of aromatic hydroxyl groups is 1. The molecule has 0 aliphatic carbocycles. The number of likely N-dealkylation sites (N-methyl/N-ethyl adjacent to an activating group) is 1. The minimum atomic E-state index is -0.0110. The second-order valence-corrected chi connectivity index (χ2v) is 6.40. The Balaban J connectivity index is 2.17. The number of para-hydroxylation sites is 1. The van der Waals surface area contributed by atoms with Crippen molar-refractivity contribution < 1.29 is 9.90 Å². The van der Waals surface area contributed by atoms with Crippen molar-refractivity contribution in [3.8, 4) is 5.75 Å². The van der Waals surface area contributed by atoms with Gasteiger partial charge in [-0.25, -0.2) is 0 Å². The maximum atomic E-state index is 11.6. The number of nitrogens with zero attached hydrogens (tertiary/aromatic N) is 2. The smallest absolute Gasteiger partial charge is 0.233 e. The van der Waals surface area contributed by atoms with Crippen LogP contribution >= 0.6 is 0 Å². The summed E-state index contributed by atoms with van der Waals surface area (Å²) in [6, 6.07) is 6.98. The van der Waals surface area contributed by atoms with E-state index in [0.717, 1.165) is 0 Å². The Hall–Kier alpha value is -2.87. The lowest BCUT2D eigenvalue weighted by Gasteiger charge is -2.41. The summed E-state index contributed by atoms with van der Waals surface area (Å²) in [6.07, 6.45) is 1.69. The summed E-state index contributed by atoms with van der Waals surface area (Å²) in [7, 11) is 1.63. The first-order valence-electron chi connectivity index (χ1n) is 8.53. The van der Waals surface area contributed by atoms with E-state index in [4.69, 9.17) is 17.2 Å². The topological polar surface area (TPSA) is 134 Å². The molecule has 0 spiro atoms. The standard InChI is InChI=1S/C18H28N6O2/c1-12-10-24(8-7-23(12)11-17(26)22-2)15(18(20)21)9-14(19)13-5-3-4-6-16(13)25/h3-6,9,12,25H,7-8,10-11,19-21H2,1-2H3,(H,22,26)/b14-9-. The second kappa shape index (κ2) is 8.48. The van der Waals surface area contributed by atoms with E-state index in [2.05, 4.69) is 17.1 Å². The van der Waals surface area contributed by atoms with Crippen molar-refractivity contribution in [2.45, 2.75) is 13.0 Å². The SMILES string of the molecule is CNC(=O)CN1CCN(C(/C=C(\N)c2ccccc2O)=C(N)N)CC1C. The maximum absolute atomic E-state index is 11.6. The summed E-state index contributed by atoms with van der Waals surface area (Å²) in [5.41, 5.74) is 19.5. The third kappa shape index (κ3) is 4.60. The summed E-state index contributed by atoms with van der Waals surface area (Å²) in [6.45, 7) is 4.44. The van der Waals surface area contributed by atoms with Crippen molar-refractivity contribution in [1.29, 1.82) is 0 Å². The third-order valence-electron chi connectivity index (χ3n) is 4.53. The van der Waals surface area contributed by atoms with E-state index in [1.54, 1.807) is 37.4 Å². The molecule has 0 aromatic heterocycles. The van der Waals surface area contributed by atoms with Gasteiger partial charge in [-0.1, -0.05) is 12.1 Å². The Morgan fingerprint density at radius 1 is 1.31 bits per heavy atom. The molecule has 142 valence electrons. The van der Waals surface area contributed by atoms with Crippen molar-refractivity contribution in [3.05, 3.63) is 47.4 Å². The number of nitrogens with two attached hydrogens (primary N) is 3. The van der Waals surface area contributed by atoms with Gasteiger partial charge in [0.25, 0.3) is 0 Å². The van der Waals surface area contributed by atoms with Crippen LogP contribution in [0.15, 0.2) is 41.9 Å². The van der Waals surface area contributed by atoms with E-state index in [9.17, 15) is 9.90 Å². The van der Waals surface area contributed by atoms with Gasteiger partial charge in [0.2, 0.25) is 5.91 Å². The molecule has 0 bridgehead atoms. The van der Waals surface area contributed by atoms with Gasteiger partial charge < -0.3 is 32.5 Å². The highest BCUT2D eigenvalue weighted by Gasteiger charge is 2.26. The lowest BCUT2D eigenvalue weighted by Crippen LogP contribution is -2.54. The van der Waals surface area contributed by atoms with Crippen LogP contribution in [-0.4, -0.2) is 60.1 Å². The van der Waals surface area contributed by atoms with Gasteiger partial charge in [-0.2, -0.15) is 0 Å². The predicted octanol–water partition coefficient (Wildman–Crippen LogP) is -0.470. The molecule has 1 unspecified atom stereocenters. The molecule has 1 aromatic carbocycles. The molecule has 1 saturated heterocycles. The zero-order valence-corrected chi connectivity index (χ0v) is 15.3. The molecule has 1 aliphatic rings. The van der Waals surface area contributed by atoms with E-state index in [1.807, 2.05) is 4.90 Å². The Kier molecular flexibility index (Phi) is 6.35. The van der Waals surface area contributed by atoms with Crippen LogP contribution in [0.2, 0.25) is 0 Å². The van der Waals surface area contributed by atoms with E-state index >= 15 is 0 Å². The highest BCUT2D eigenvalue weighted by molar-refractivity contribution is 5.77. The van der Waals surface area contributed by atoms with Crippen LogP contribution in [0.3, 0.4) is 0 Å². The monoisotopic (exact) mass is 360 g/mol. The average Bonchev–Trinajstić information content (AvgIpc) is 2.61. The summed E-state index contributed by atoms with van der Waals surface area (Å²) >= 11 is 0. The number of carbonyl (C=O) groups is 1. The minimum Gasteiger partial charge on any atom is -0.507 e. The van der Waals surface area contributed by atoms with Crippen LogP contribution < -0.4 is 22.5 Å². The molecule has 8 heteroatoms. The van der Waals surface area contributed by atoms with Gasteiger partial charge in [0.1, 0.15) is 11.6 Å². The third-order valence-corrected chi connectivity index (χ3v) is 4.53. The molecule has 0 radical (unpaired) electrons. The van der Waals surface area contributed by atoms with Crippen LogP contribution in [0.25, 0.3) is 5.70 Å². The molecular formula is C18H28N6O2. The van der Waals surface area contributed by atoms with Crippen molar-refractivity contribution in [2.75, 3.05) is 33.2 Å². The highest BCUT2D eigenvalue weighted by Crippen LogP contribution is 2.24. The van der Waals surface area contributed by atoms with Crippen LogP contribution in [-0.2, 0) is 4.79 Å². The number of carbonyl (C=O) groups excluding carboxylic acids is 1. The van der Waals surface area contributed by atoms with Crippen LogP contribution in [0.4, 0.5) is 0 Å². The van der Waals surface area contributed by atoms with E-state index in [-0.39, 0.29) is 23.5 Å². The summed E-state index contributed by atoms with van der Waals surface area (Å²) in [4.78, 5) is 15.8. The summed E-state index contributed by atoms with van der Waals surface area (Å²) in [5.74, 6) is 0.248. The van der Waals surface area contributed by atoms with Crippen molar-refractivity contribution in [1.82, 2.24) is 15.1 Å². The van der Waals surface area contributed by atoms with Crippen molar-refractivity contribution >= 4 is 11.6 Å². The van der Waals surface area contributed by atoms with Gasteiger partial charge in [-0.15, -0.1) is 0 Å². The quantitative estimate of drug-likeness (QED) is 0.448. The summed E-state index contributed by atoms with van der Waals surface area (Å²) < 4.78 is 0. The van der Waals surface area contributed by atoms with Crippen molar-refractivity contribution in [3.63, 3.8) is 0 Å². The molecular weight excluding hydrogens is 332 g/mol. The van der Waals surface area contributed by atoms with Gasteiger partial charge in [-0.3, -0.25) is 9.69 Å². The molecule has 1 aliphatic heterocycles. The largest absolute Gasteiger partial charge is 0.507 e. The van der Waals surface area contributed by atoms with Crippen LogP contribution in [0, 0.1) is 0 Å². The van der Waals surface area contributed by atoms with E-state index < -0.39 is 0 Å². The van der Waals surface area contributed by atoms with E-state index in [1.165, 1.54) is 0 Å². The Labute approximate surface area is 153 Å². The molecule has 1 amide bonds. The molecule has 1 aromatic rings. The predicted molar refractivity (Wildman–Crippen MR) is 102 cm³/mol. The number of nitrogens with one attached hydrogen (secondary N) is 1. The fraction of sp³-hybridized carbons (Fsp3) is 0.389. The molecule has 2 rings (SSSR count). The number of amides is 1. The van der Waals surface area contributed by atoms with Crippen molar-refractivity contribution in [2.24, 2.45) is 17.2 Å². The average molecular weight is 360 g/mol. The van der Waals surface area contributed by atoms with Gasteiger partial charge in [0.05, 0.1) is 12.2 Å². The second-order valence-electron chi connectivity index (χ2n) is 6.40. The molecule has 1 heterocycles. The van der Waals surface area contributed by atoms with Crippen LogP contribution in [0.5, 0.6) is 5.75 Å². The molecule has 26 heavy (non-hydrogen) atoms. The molecule has 0 saturated carbocycles. The van der Waals surface area contributed by atoms with Gasteiger partial charge >= 0.3 is 0 Å². The fourth-order valence-electron chi connectivity index (χ4n) is 3.01. The number of allylic oxidation sites excluding steroid dienone is 1. The highest BCUT2D eigenvalue weighted by atomic mass is 16.3. The van der Waals surface area contributed by atoms with Gasteiger partial charge in [0, 0.05) is 44.0 Å². The summed E-state index contributed by atoms with van der Waals surface area (Å²) in [5, 5.41) is 12.6. The molecule has 8 N–H and O–H groups in total. The van der Waals surface area contributed by atoms with Crippen LogP contribution in [0.1, 0.15) is 12.5 Å². The first-order valence-corrected chi connectivity index (χ1v) is 8.53. The van der Waals surface area contributed by atoms with E-state index in [0.29, 0.717) is 43.1 Å². The molecule has 8 nitrogen and oxygen atoms in total. The normalized spacial score (nSPS) is 18.5. The lowest BCUT2D eigenvalue weighted by atomic mass is 10.1. The lowest BCUT2D eigenvalue weighted by molar-refractivity contribution is -0.122. The maximum Gasteiger partial charge on any atom is 0.233 e. The fourth-order valence-corrected chi connectivity index (χ4v) is 3.01. The number of hydrogen-bond acceptors (Lipinski definition) is 7. The Morgan fingerprint density at radius 2 is 2.00 bits per heavy atom. The first-order chi connectivity index (χ1) is 12.3. The van der Waals surface area contributed by atoms with Gasteiger partial charge in [0.15, 0.2) is 0 Å².